The standard InChI is InChI=1S/C19H23N5O2S/c1-22-27(25,26)12-13-2-5-16(6-3-13)24-19(21)14-4-7-18-17(10-14)15(8-9-20)11-23-18/h2-7,10-11,22-23H,8-9,12,20H2,1H3,(H2,21,24). The van der Waals surface area contributed by atoms with Crippen LogP contribution in [0.3, 0.4) is 0 Å². The molecule has 0 fully saturated rings. The summed E-state index contributed by atoms with van der Waals surface area (Å²) in [6.45, 7) is 0.580. The summed E-state index contributed by atoms with van der Waals surface area (Å²) >= 11 is 0. The summed E-state index contributed by atoms with van der Waals surface area (Å²) in [5, 5.41) is 1.09. The lowest BCUT2D eigenvalue weighted by molar-refractivity contribution is 0.587. The Labute approximate surface area is 158 Å². The smallest absolute Gasteiger partial charge is 0.215 e. The second-order valence-electron chi connectivity index (χ2n) is 6.24. The van der Waals surface area contributed by atoms with Gasteiger partial charge in [-0.05, 0) is 61.5 Å². The van der Waals surface area contributed by atoms with Crippen LogP contribution in [0.1, 0.15) is 16.7 Å². The van der Waals surface area contributed by atoms with E-state index in [-0.39, 0.29) is 5.75 Å². The van der Waals surface area contributed by atoms with Gasteiger partial charge >= 0.3 is 0 Å². The first kappa shape index (κ1) is 19.1. The third-order valence-electron chi connectivity index (χ3n) is 4.33. The molecule has 0 amide bonds. The van der Waals surface area contributed by atoms with Gasteiger partial charge in [0.25, 0.3) is 0 Å². The van der Waals surface area contributed by atoms with Crippen LogP contribution in [0.25, 0.3) is 10.9 Å². The quantitative estimate of drug-likeness (QED) is 0.365. The fourth-order valence-corrected chi connectivity index (χ4v) is 3.64. The number of aromatic nitrogens is 1. The molecule has 0 spiro atoms. The SMILES string of the molecule is CNS(=O)(=O)Cc1ccc(N=C(N)c2ccc3[nH]cc(CCN)c3c2)cc1. The van der Waals surface area contributed by atoms with Crippen molar-refractivity contribution in [2.24, 2.45) is 16.5 Å². The number of aromatic amines is 1. The number of H-pyrrole nitrogens is 1. The zero-order valence-corrected chi connectivity index (χ0v) is 15.9. The molecule has 1 heterocycles. The molecular weight excluding hydrogens is 362 g/mol. The Morgan fingerprint density at radius 1 is 1.19 bits per heavy atom. The summed E-state index contributed by atoms with van der Waals surface area (Å²) < 4.78 is 25.5. The molecule has 0 aliphatic heterocycles. The molecular formula is C19H23N5O2S. The van der Waals surface area contributed by atoms with Crippen LogP contribution >= 0.6 is 0 Å². The number of nitrogens with two attached hydrogens (primary N) is 2. The van der Waals surface area contributed by atoms with Crippen molar-refractivity contribution in [1.29, 1.82) is 0 Å². The van der Waals surface area contributed by atoms with Gasteiger partial charge in [-0.3, -0.25) is 0 Å². The Kier molecular flexibility index (Phi) is 5.59. The van der Waals surface area contributed by atoms with E-state index in [1.165, 1.54) is 7.05 Å². The van der Waals surface area contributed by atoms with Crippen LogP contribution in [0, 0.1) is 0 Å². The molecule has 0 unspecified atom stereocenters. The van der Waals surface area contributed by atoms with Crippen LogP contribution in [0.5, 0.6) is 0 Å². The van der Waals surface area contributed by atoms with Crippen LogP contribution in [-0.2, 0) is 22.2 Å². The molecule has 7 nitrogen and oxygen atoms in total. The predicted octanol–water partition coefficient (Wildman–Crippen LogP) is 1.76. The Morgan fingerprint density at radius 2 is 1.93 bits per heavy atom. The Bertz CT molecular complexity index is 1070. The first-order valence-electron chi connectivity index (χ1n) is 8.56. The average molecular weight is 385 g/mol. The molecule has 6 N–H and O–H groups in total. The van der Waals surface area contributed by atoms with Gasteiger partial charge in [0.1, 0.15) is 5.84 Å². The molecule has 0 bridgehead atoms. The van der Waals surface area contributed by atoms with Gasteiger partial charge in [0.15, 0.2) is 0 Å². The first-order valence-corrected chi connectivity index (χ1v) is 10.2. The third kappa shape index (κ3) is 4.54. The lowest BCUT2D eigenvalue weighted by atomic mass is 10.1. The molecule has 1 aromatic heterocycles. The lowest BCUT2D eigenvalue weighted by Crippen LogP contribution is -2.20. The molecule has 0 aliphatic carbocycles. The highest BCUT2D eigenvalue weighted by atomic mass is 32.2. The van der Waals surface area contributed by atoms with Crippen LogP contribution in [0.15, 0.2) is 53.7 Å². The number of nitrogens with one attached hydrogen (secondary N) is 2. The van der Waals surface area contributed by atoms with Gasteiger partial charge in [0.2, 0.25) is 10.0 Å². The number of aliphatic imine (C=N–C) groups is 1. The van der Waals surface area contributed by atoms with E-state index in [2.05, 4.69) is 14.7 Å². The van der Waals surface area contributed by atoms with Crippen molar-refractivity contribution in [3.05, 3.63) is 65.4 Å². The Morgan fingerprint density at radius 3 is 2.59 bits per heavy atom. The maximum absolute atomic E-state index is 11.6. The number of hydrogen-bond donors (Lipinski definition) is 4. The molecule has 0 saturated carbocycles. The van der Waals surface area contributed by atoms with Gasteiger partial charge in [-0.1, -0.05) is 12.1 Å². The van der Waals surface area contributed by atoms with Crippen molar-refractivity contribution in [1.82, 2.24) is 9.71 Å². The summed E-state index contributed by atoms with van der Waals surface area (Å²) in [4.78, 5) is 7.68. The summed E-state index contributed by atoms with van der Waals surface area (Å²) in [6.07, 6.45) is 2.75. The maximum Gasteiger partial charge on any atom is 0.215 e. The summed E-state index contributed by atoms with van der Waals surface area (Å²) in [7, 11) is -1.90. The van der Waals surface area contributed by atoms with Gasteiger partial charge in [-0.25, -0.2) is 18.1 Å². The van der Waals surface area contributed by atoms with Crippen molar-refractivity contribution in [3.63, 3.8) is 0 Å². The zero-order chi connectivity index (χ0) is 19.4. The monoisotopic (exact) mass is 385 g/mol. The molecule has 3 rings (SSSR count). The summed E-state index contributed by atoms with van der Waals surface area (Å²) in [6, 6.07) is 12.9. The summed E-state index contributed by atoms with van der Waals surface area (Å²) in [5.74, 6) is 0.323. The molecule has 8 heteroatoms. The number of benzene rings is 2. The normalized spacial score (nSPS) is 12.6. The molecule has 2 aromatic carbocycles. The van der Waals surface area contributed by atoms with Crippen molar-refractivity contribution in [3.8, 4) is 0 Å². The van der Waals surface area contributed by atoms with E-state index in [1.807, 2.05) is 24.4 Å². The molecule has 27 heavy (non-hydrogen) atoms. The second kappa shape index (κ2) is 7.91. The lowest BCUT2D eigenvalue weighted by Gasteiger charge is -2.05. The maximum atomic E-state index is 11.6. The van der Waals surface area contributed by atoms with E-state index in [9.17, 15) is 8.42 Å². The molecule has 0 atom stereocenters. The van der Waals surface area contributed by atoms with Crippen molar-refractivity contribution in [2.75, 3.05) is 13.6 Å². The van der Waals surface area contributed by atoms with E-state index in [1.54, 1.807) is 24.3 Å². The first-order chi connectivity index (χ1) is 12.9. The molecule has 3 aromatic rings. The predicted molar refractivity (Wildman–Crippen MR) is 110 cm³/mol. The molecule has 0 radical (unpaired) electrons. The zero-order valence-electron chi connectivity index (χ0n) is 15.1. The van der Waals surface area contributed by atoms with E-state index in [0.29, 0.717) is 23.6 Å². The van der Waals surface area contributed by atoms with Crippen molar-refractivity contribution < 1.29 is 8.42 Å². The average Bonchev–Trinajstić information content (AvgIpc) is 3.06. The highest BCUT2D eigenvalue weighted by molar-refractivity contribution is 7.88. The minimum absolute atomic E-state index is 0.0724. The fraction of sp³-hybridized carbons (Fsp3) is 0.211. The number of sulfonamides is 1. The molecule has 0 saturated heterocycles. The number of rotatable bonds is 7. The van der Waals surface area contributed by atoms with Crippen LogP contribution < -0.4 is 16.2 Å². The van der Waals surface area contributed by atoms with Gasteiger partial charge in [0, 0.05) is 22.7 Å². The Hall–Kier alpha value is -2.68. The molecule has 0 aliphatic rings. The fourth-order valence-electron chi connectivity index (χ4n) is 2.86. The number of amidine groups is 1. The third-order valence-corrected chi connectivity index (χ3v) is 5.67. The van der Waals surface area contributed by atoms with E-state index >= 15 is 0 Å². The van der Waals surface area contributed by atoms with Gasteiger partial charge < -0.3 is 16.5 Å². The van der Waals surface area contributed by atoms with E-state index < -0.39 is 10.0 Å². The Balaban J connectivity index is 1.84. The van der Waals surface area contributed by atoms with Crippen LogP contribution in [-0.4, -0.2) is 32.8 Å². The number of fused-ring (bicyclic) bond motifs is 1. The van der Waals surface area contributed by atoms with Gasteiger partial charge in [-0.15, -0.1) is 0 Å². The number of nitrogens with zero attached hydrogens (tertiary/aromatic N) is 1. The minimum atomic E-state index is -3.30. The highest BCUT2D eigenvalue weighted by Gasteiger charge is 2.09. The van der Waals surface area contributed by atoms with Gasteiger partial charge in [-0.2, -0.15) is 0 Å². The van der Waals surface area contributed by atoms with Crippen LogP contribution in [0.2, 0.25) is 0 Å². The number of hydrogen-bond acceptors (Lipinski definition) is 4. The van der Waals surface area contributed by atoms with Crippen LogP contribution in [0.4, 0.5) is 5.69 Å². The summed E-state index contributed by atoms with van der Waals surface area (Å²) in [5.41, 5.74) is 16.2. The highest BCUT2D eigenvalue weighted by Crippen LogP contribution is 2.21. The largest absolute Gasteiger partial charge is 0.383 e. The second-order valence-corrected chi connectivity index (χ2v) is 8.17. The molecule has 142 valence electrons. The van der Waals surface area contributed by atoms with Gasteiger partial charge in [0.05, 0.1) is 11.4 Å². The topological polar surface area (TPSA) is 126 Å². The van der Waals surface area contributed by atoms with E-state index in [0.717, 1.165) is 28.5 Å². The van der Waals surface area contributed by atoms with Crippen molar-refractivity contribution in [2.45, 2.75) is 12.2 Å². The van der Waals surface area contributed by atoms with E-state index in [4.69, 9.17) is 11.5 Å². The van der Waals surface area contributed by atoms with Crippen molar-refractivity contribution >= 4 is 32.4 Å². The minimum Gasteiger partial charge on any atom is -0.383 e.